The van der Waals surface area contributed by atoms with Gasteiger partial charge >= 0.3 is 0 Å². The van der Waals surface area contributed by atoms with Gasteiger partial charge in [-0.1, -0.05) is 35.9 Å². The molecule has 1 aliphatic carbocycles. The van der Waals surface area contributed by atoms with E-state index < -0.39 is 0 Å². The normalized spacial score (nSPS) is 14.8. The lowest BCUT2D eigenvalue weighted by Crippen LogP contribution is -1.88. The molecule has 0 unspecified atom stereocenters. The molecule has 0 aliphatic heterocycles. The maximum Gasteiger partial charge on any atom is 0.119 e. The smallest absolute Gasteiger partial charge is 0.119 e. The van der Waals surface area contributed by atoms with Crippen LogP contribution in [0.15, 0.2) is 48.0 Å². The van der Waals surface area contributed by atoms with Gasteiger partial charge in [-0.15, -0.1) is 0 Å². The van der Waals surface area contributed by atoms with E-state index >= 15 is 0 Å². The lowest BCUT2D eigenvalue weighted by molar-refractivity contribution is 0.414. The molecule has 3 rings (SSSR count). The first-order valence-corrected chi connectivity index (χ1v) is 7.75. The maximum atomic E-state index is 9.16. The molecule has 0 spiro atoms. The fourth-order valence-corrected chi connectivity index (χ4v) is 3.13. The molecule has 0 heterocycles. The van der Waals surface area contributed by atoms with Crippen molar-refractivity contribution >= 4 is 28.8 Å². The van der Waals surface area contributed by atoms with Gasteiger partial charge in [0.2, 0.25) is 0 Å². The molecule has 0 saturated carbocycles. The summed E-state index contributed by atoms with van der Waals surface area (Å²) in [5.41, 5.74) is 6.45. The molecule has 2 nitrogen and oxygen atoms in total. The van der Waals surface area contributed by atoms with Crippen molar-refractivity contribution in [1.29, 1.82) is 5.26 Å². The fourth-order valence-electron chi connectivity index (χ4n) is 2.94. The van der Waals surface area contributed by atoms with Crippen LogP contribution in [0.25, 0.3) is 17.2 Å². The van der Waals surface area contributed by atoms with Crippen LogP contribution in [0.5, 0.6) is 5.75 Å². The number of hydrogen-bond acceptors (Lipinski definition) is 2. The minimum absolute atomic E-state index is 0.381. The van der Waals surface area contributed by atoms with Gasteiger partial charge in [0.1, 0.15) is 5.75 Å². The molecule has 0 N–H and O–H groups in total. The molecule has 0 bridgehead atoms. The topological polar surface area (TPSA) is 33.0 Å². The summed E-state index contributed by atoms with van der Waals surface area (Å²) in [7, 11) is 1.65. The summed E-state index contributed by atoms with van der Waals surface area (Å²) in [6.45, 7) is 2.06. The predicted octanol–water partition coefficient (Wildman–Crippen LogP) is 5.59. The SMILES string of the molecule is COc1ccc2c(c1)C(CC#N)=C(C)C2=Cc1ccccc1Cl. The van der Waals surface area contributed by atoms with E-state index in [1.165, 1.54) is 0 Å². The summed E-state index contributed by atoms with van der Waals surface area (Å²) in [6, 6.07) is 16.0. The van der Waals surface area contributed by atoms with E-state index in [0.717, 1.165) is 44.2 Å². The molecular formula is C20H16ClNO. The van der Waals surface area contributed by atoms with Gasteiger partial charge in [0, 0.05) is 5.02 Å². The monoisotopic (exact) mass is 321 g/mol. The summed E-state index contributed by atoms with van der Waals surface area (Å²) in [5.74, 6) is 0.797. The van der Waals surface area contributed by atoms with Crippen molar-refractivity contribution in [2.45, 2.75) is 13.3 Å². The van der Waals surface area contributed by atoms with Crippen LogP contribution < -0.4 is 4.74 Å². The van der Waals surface area contributed by atoms with Crippen LogP contribution in [0.3, 0.4) is 0 Å². The molecular weight excluding hydrogens is 306 g/mol. The Morgan fingerprint density at radius 1 is 1.17 bits per heavy atom. The highest BCUT2D eigenvalue weighted by Crippen LogP contribution is 2.45. The number of fused-ring (bicyclic) bond motifs is 1. The van der Waals surface area contributed by atoms with E-state index in [2.05, 4.69) is 19.1 Å². The van der Waals surface area contributed by atoms with E-state index in [-0.39, 0.29) is 0 Å². The number of halogens is 1. The number of hydrogen-bond donors (Lipinski definition) is 0. The van der Waals surface area contributed by atoms with Crippen molar-refractivity contribution in [2.75, 3.05) is 7.11 Å². The van der Waals surface area contributed by atoms with Crippen LogP contribution in [0.1, 0.15) is 30.0 Å². The van der Waals surface area contributed by atoms with E-state index in [1.807, 2.05) is 42.5 Å². The van der Waals surface area contributed by atoms with Crippen LogP contribution >= 0.6 is 11.6 Å². The Bertz CT molecular complexity index is 871. The van der Waals surface area contributed by atoms with Crippen molar-refractivity contribution in [1.82, 2.24) is 0 Å². The van der Waals surface area contributed by atoms with Gasteiger partial charge in [0.05, 0.1) is 19.6 Å². The van der Waals surface area contributed by atoms with Crippen molar-refractivity contribution in [3.8, 4) is 11.8 Å². The van der Waals surface area contributed by atoms with Crippen molar-refractivity contribution in [3.05, 3.63) is 69.8 Å². The van der Waals surface area contributed by atoms with Crippen LogP contribution in [-0.2, 0) is 0 Å². The number of methoxy groups -OCH3 is 1. The zero-order chi connectivity index (χ0) is 16.4. The summed E-state index contributed by atoms with van der Waals surface area (Å²) < 4.78 is 5.33. The van der Waals surface area contributed by atoms with Crippen LogP contribution in [-0.4, -0.2) is 7.11 Å². The zero-order valence-corrected chi connectivity index (χ0v) is 13.8. The standard InChI is InChI=1S/C20H16ClNO/c1-13-16(9-10-22)19-12-15(23-2)7-8-17(19)18(13)11-14-5-3-4-6-20(14)21/h3-8,11-12H,9H2,1-2H3. The Kier molecular flexibility index (Phi) is 4.23. The second-order valence-corrected chi connectivity index (χ2v) is 5.84. The molecule has 0 amide bonds. The first kappa shape index (κ1) is 15.4. The van der Waals surface area contributed by atoms with Crippen LogP contribution in [0.4, 0.5) is 0 Å². The fraction of sp³-hybridized carbons (Fsp3) is 0.150. The molecule has 0 aromatic heterocycles. The van der Waals surface area contributed by atoms with E-state index in [0.29, 0.717) is 6.42 Å². The van der Waals surface area contributed by atoms with E-state index in [9.17, 15) is 0 Å². The van der Waals surface area contributed by atoms with E-state index in [1.54, 1.807) is 7.11 Å². The molecule has 0 fully saturated rings. The van der Waals surface area contributed by atoms with Crippen LogP contribution in [0.2, 0.25) is 5.02 Å². The van der Waals surface area contributed by atoms with Gasteiger partial charge in [-0.2, -0.15) is 5.26 Å². The van der Waals surface area contributed by atoms with Gasteiger partial charge in [0.25, 0.3) is 0 Å². The summed E-state index contributed by atoms with van der Waals surface area (Å²) in [5, 5.41) is 9.88. The Morgan fingerprint density at radius 2 is 1.96 bits per heavy atom. The minimum Gasteiger partial charge on any atom is -0.497 e. The van der Waals surface area contributed by atoms with Gasteiger partial charge in [0.15, 0.2) is 0 Å². The predicted molar refractivity (Wildman–Crippen MR) is 95.1 cm³/mol. The number of allylic oxidation sites excluding steroid dienone is 3. The highest BCUT2D eigenvalue weighted by molar-refractivity contribution is 6.32. The molecule has 2 aromatic carbocycles. The molecule has 1 aliphatic rings. The number of ether oxygens (including phenoxy) is 1. The summed E-state index contributed by atoms with van der Waals surface area (Å²) >= 11 is 6.29. The lowest BCUT2D eigenvalue weighted by atomic mass is 10.0. The van der Waals surface area contributed by atoms with Gasteiger partial charge in [-0.25, -0.2) is 0 Å². The summed E-state index contributed by atoms with van der Waals surface area (Å²) in [4.78, 5) is 0. The molecule has 2 aromatic rings. The summed E-state index contributed by atoms with van der Waals surface area (Å²) in [6.07, 6.45) is 2.47. The first-order valence-electron chi connectivity index (χ1n) is 7.37. The molecule has 114 valence electrons. The molecule has 3 heteroatoms. The minimum atomic E-state index is 0.381. The Morgan fingerprint density at radius 3 is 2.65 bits per heavy atom. The third kappa shape index (κ3) is 2.76. The van der Waals surface area contributed by atoms with Crippen LogP contribution in [0, 0.1) is 11.3 Å². The molecule has 0 saturated heterocycles. The second-order valence-electron chi connectivity index (χ2n) is 5.43. The number of nitriles is 1. The molecule has 0 radical (unpaired) electrons. The van der Waals surface area contributed by atoms with Crippen molar-refractivity contribution in [3.63, 3.8) is 0 Å². The third-order valence-corrected chi connectivity index (χ3v) is 4.50. The van der Waals surface area contributed by atoms with Gasteiger partial charge in [-0.05, 0) is 64.6 Å². The highest BCUT2D eigenvalue weighted by Gasteiger charge is 2.24. The molecule has 0 atom stereocenters. The van der Waals surface area contributed by atoms with Crippen molar-refractivity contribution in [2.24, 2.45) is 0 Å². The third-order valence-electron chi connectivity index (χ3n) is 4.16. The number of rotatable bonds is 3. The molecule has 23 heavy (non-hydrogen) atoms. The average Bonchev–Trinajstić information content (AvgIpc) is 2.82. The average molecular weight is 322 g/mol. The van der Waals surface area contributed by atoms with E-state index in [4.69, 9.17) is 21.6 Å². The van der Waals surface area contributed by atoms with Gasteiger partial charge < -0.3 is 4.74 Å². The maximum absolute atomic E-state index is 9.16. The zero-order valence-electron chi connectivity index (χ0n) is 13.1. The Hall–Kier alpha value is -2.50. The van der Waals surface area contributed by atoms with Crippen molar-refractivity contribution < 1.29 is 4.74 Å². The second kappa shape index (κ2) is 6.32. The lowest BCUT2D eigenvalue weighted by Gasteiger charge is -2.07. The first-order chi connectivity index (χ1) is 11.2. The Labute approximate surface area is 141 Å². The number of benzene rings is 2. The van der Waals surface area contributed by atoms with Gasteiger partial charge in [-0.3, -0.25) is 0 Å². The largest absolute Gasteiger partial charge is 0.497 e. The quantitative estimate of drug-likeness (QED) is 0.738. The highest BCUT2D eigenvalue weighted by atomic mass is 35.5. The number of nitrogens with zero attached hydrogens (tertiary/aromatic N) is 1. The Balaban J connectivity index is 2.20.